The van der Waals surface area contributed by atoms with E-state index in [1.807, 2.05) is 29.5 Å². The number of hydrogen-bond acceptors (Lipinski definition) is 3. The Morgan fingerprint density at radius 2 is 1.73 bits per heavy atom. The molecule has 0 aliphatic rings. The van der Waals surface area contributed by atoms with Gasteiger partial charge >= 0.3 is 0 Å². The summed E-state index contributed by atoms with van der Waals surface area (Å²) in [6.45, 7) is 4.52. The van der Waals surface area contributed by atoms with Gasteiger partial charge in [-0.2, -0.15) is 4.99 Å². The van der Waals surface area contributed by atoms with Crippen LogP contribution in [0.4, 0.5) is 10.1 Å². The molecule has 26 heavy (non-hydrogen) atoms. The lowest BCUT2D eigenvalue weighted by molar-refractivity contribution is 0.565. The Balaban J connectivity index is 1.80. The molecule has 4 heteroatoms. The van der Waals surface area contributed by atoms with Gasteiger partial charge in [-0.3, -0.25) is 0 Å². The lowest BCUT2D eigenvalue weighted by Crippen LogP contribution is -1.94. The monoisotopic (exact) mass is 381 g/mol. The van der Waals surface area contributed by atoms with Crippen molar-refractivity contribution in [3.63, 3.8) is 0 Å². The molecule has 0 spiro atoms. The minimum atomic E-state index is -0.392. The molecule has 0 amide bonds. The number of aliphatic imine (C=N–C) groups is 1. The highest BCUT2D eigenvalue weighted by molar-refractivity contribution is 7.78. The molecule has 0 aliphatic heterocycles. The molecule has 0 bridgehead atoms. The van der Waals surface area contributed by atoms with Gasteiger partial charge in [-0.15, -0.1) is 11.3 Å². The maximum Gasteiger partial charge on any atom is 0.150 e. The number of benzene rings is 2. The summed E-state index contributed by atoms with van der Waals surface area (Å²) in [5.74, 6) is 0.321. The predicted octanol–water partition coefficient (Wildman–Crippen LogP) is 7.54. The van der Waals surface area contributed by atoms with Gasteiger partial charge in [0.1, 0.15) is 11.5 Å². The van der Waals surface area contributed by atoms with E-state index in [-0.39, 0.29) is 5.69 Å². The molecule has 0 radical (unpaired) electrons. The van der Waals surface area contributed by atoms with Gasteiger partial charge in [0.05, 0.1) is 5.16 Å². The molecule has 3 aromatic rings. The van der Waals surface area contributed by atoms with Gasteiger partial charge in [-0.05, 0) is 65.5 Å². The molecule has 132 valence electrons. The third kappa shape index (κ3) is 4.34. The fourth-order valence-corrected chi connectivity index (χ4v) is 4.06. The molecule has 1 aromatic heterocycles. The number of hydrogen-bond donors (Lipinski definition) is 0. The van der Waals surface area contributed by atoms with E-state index in [1.54, 1.807) is 6.07 Å². The van der Waals surface area contributed by atoms with Crippen LogP contribution in [0, 0.1) is 11.7 Å². The molecule has 2 aromatic carbocycles. The van der Waals surface area contributed by atoms with Crippen molar-refractivity contribution in [1.82, 2.24) is 0 Å². The molecule has 0 saturated heterocycles. The van der Waals surface area contributed by atoms with E-state index in [0.29, 0.717) is 5.92 Å². The van der Waals surface area contributed by atoms with E-state index in [9.17, 15) is 4.39 Å². The summed E-state index contributed by atoms with van der Waals surface area (Å²) >= 11 is 6.38. The van der Waals surface area contributed by atoms with Crippen LogP contribution in [0.3, 0.4) is 0 Å². The second kappa shape index (κ2) is 8.50. The van der Waals surface area contributed by atoms with Crippen LogP contribution in [0.25, 0.3) is 21.6 Å². The maximum atomic E-state index is 14.0. The number of nitrogens with zero attached hydrogens (tertiary/aromatic N) is 1. The minimum absolute atomic E-state index is 0.216. The SMILES string of the molecule is CCC(C)Cc1ccc(-c2ccc(-c3ccc(N=C=S)c(F)c3)cc2)s1. The van der Waals surface area contributed by atoms with E-state index in [4.69, 9.17) is 0 Å². The van der Waals surface area contributed by atoms with Crippen LogP contribution in [0.2, 0.25) is 0 Å². The normalized spacial score (nSPS) is 11.8. The second-order valence-corrected chi connectivity index (χ2v) is 7.78. The molecule has 1 heterocycles. The average molecular weight is 382 g/mol. The Morgan fingerprint density at radius 3 is 2.38 bits per heavy atom. The molecular weight excluding hydrogens is 361 g/mol. The van der Waals surface area contributed by atoms with Gasteiger partial charge in [-0.25, -0.2) is 4.39 Å². The number of thiocarbonyl (C=S) groups is 1. The largest absolute Gasteiger partial charge is 0.205 e. The van der Waals surface area contributed by atoms with Crippen molar-refractivity contribution in [2.45, 2.75) is 26.7 Å². The standard InChI is InChI=1S/C22H20FNS2/c1-3-15(2)12-19-9-11-22(26-19)17-6-4-16(5-7-17)18-8-10-21(24-14-25)20(23)13-18/h4-11,13,15H,3,12H2,1-2H3. The molecule has 1 nitrogen and oxygen atoms in total. The smallest absolute Gasteiger partial charge is 0.150 e. The quantitative estimate of drug-likeness (QED) is 0.317. The summed E-state index contributed by atoms with van der Waals surface area (Å²) in [5, 5.41) is 2.20. The van der Waals surface area contributed by atoms with Gasteiger partial charge in [-0.1, -0.05) is 50.6 Å². The van der Waals surface area contributed by atoms with Gasteiger partial charge in [0, 0.05) is 9.75 Å². The number of thiophene rings is 1. The van der Waals surface area contributed by atoms with Crippen LogP contribution in [-0.4, -0.2) is 5.16 Å². The van der Waals surface area contributed by atoms with Crippen LogP contribution in [0.15, 0.2) is 59.6 Å². The van der Waals surface area contributed by atoms with Crippen molar-refractivity contribution in [1.29, 1.82) is 0 Å². The van der Waals surface area contributed by atoms with E-state index in [0.717, 1.165) is 17.5 Å². The third-order valence-electron chi connectivity index (χ3n) is 4.52. The van der Waals surface area contributed by atoms with Gasteiger partial charge < -0.3 is 0 Å². The summed E-state index contributed by atoms with van der Waals surface area (Å²) in [6, 6.07) is 17.6. The first-order valence-electron chi connectivity index (χ1n) is 8.67. The van der Waals surface area contributed by atoms with E-state index < -0.39 is 5.82 Å². The van der Waals surface area contributed by atoms with Gasteiger partial charge in [0.25, 0.3) is 0 Å². The zero-order chi connectivity index (χ0) is 18.5. The van der Waals surface area contributed by atoms with Crippen molar-refractivity contribution in [3.8, 4) is 21.6 Å². The summed E-state index contributed by atoms with van der Waals surface area (Å²) in [5.41, 5.74) is 3.20. The van der Waals surface area contributed by atoms with Crippen LogP contribution in [0.5, 0.6) is 0 Å². The van der Waals surface area contributed by atoms with Crippen molar-refractivity contribution in [3.05, 3.63) is 65.3 Å². The van der Waals surface area contributed by atoms with Crippen molar-refractivity contribution in [2.24, 2.45) is 10.9 Å². The number of halogens is 1. The van der Waals surface area contributed by atoms with Crippen LogP contribution >= 0.6 is 23.6 Å². The van der Waals surface area contributed by atoms with Crippen LogP contribution < -0.4 is 0 Å². The first-order valence-corrected chi connectivity index (χ1v) is 9.90. The molecular formula is C22H20FNS2. The Labute approximate surface area is 163 Å². The lowest BCUT2D eigenvalue weighted by atomic mass is 10.0. The Morgan fingerprint density at radius 1 is 1.04 bits per heavy atom. The minimum Gasteiger partial charge on any atom is -0.205 e. The Kier molecular flexibility index (Phi) is 6.10. The Hall–Kier alpha value is -2.13. The summed E-state index contributed by atoms with van der Waals surface area (Å²) in [6.07, 6.45) is 2.34. The number of isothiocyanates is 1. The second-order valence-electron chi connectivity index (χ2n) is 6.43. The first kappa shape index (κ1) is 18.7. The molecule has 0 saturated carbocycles. The molecule has 0 aliphatic carbocycles. The first-order chi connectivity index (χ1) is 12.6. The van der Waals surface area contributed by atoms with Crippen LogP contribution in [-0.2, 0) is 6.42 Å². The zero-order valence-electron chi connectivity index (χ0n) is 14.8. The molecule has 3 rings (SSSR count). The highest BCUT2D eigenvalue weighted by Gasteiger charge is 2.08. The fourth-order valence-electron chi connectivity index (χ4n) is 2.78. The third-order valence-corrected chi connectivity index (χ3v) is 5.77. The average Bonchev–Trinajstić information content (AvgIpc) is 3.12. The zero-order valence-corrected chi connectivity index (χ0v) is 16.5. The summed E-state index contributed by atoms with van der Waals surface area (Å²) in [4.78, 5) is 6.41. The molecule has 1 unspecified atom stereocenters. The lowest BCUT2D eigenvalue weighted by Gasteiger charge is -2.06. The van der Waals surface area contributed by atoms with Crippen molar-refractivity contribution < 1.29 is 4.39 Å². The van der Waals surface area contributed by atoms with Crippen LogP contribution in [0.1, 0.15) is 25.1 Å². The van der Waals surface area contributed by atoms with Crippen molar-refractivity contribution in [2.75, 3.05) is 0 Å². The number of rotatable bonds is 6. The van der Waals surface area contributed by atoms with Crippen molar-refractivity contribution >= 4 is 34.4 Å². The maximum absolute atomic E-state index is 14.0. The predicted molar refractivity (Wildman–Crippen MR) is 113 cm³/mol. The summed E-state index contributed by atoms with van der Waals surface area (Å²) < 4.78 is 14.0. The fraction of sp³-hybridized carbons (Fsp3) is 0.227. The van der Waals surface area contributed by atoms with E-state index in [2.05, 4.69) is 60.5 Å². The van der Waals surface area contributed by atoms with Gasteiger partial charge in [0.2, 0.25) is 0 Å². The molecule has 0 N–H and O–H groups in total. The van der Waals surface area contributed by atoms with E-state index >= 15 is 0 Å². The molecule has 0 fully saturated rings. The highest BCUT2D eigenvalue weighted by Crippen LogP contribution is 2.32. The summed E-state index contributed by atoms with van der Waals surface area (Å²) in [7, 11) is 0. The Bertz CT molecular complexity index is 937. The van der Waals surface area contributed by atoms with Gasteiger partial charge in [0.15, 0.2) is 0 Å². The highest BCUT2D eigenvalue weighted by atomic mass is 32.1. The van der Waals surface area contributed by atoms with E-state index in [1.165, 1.54) is 27.8 Å². The topological polar surface area (TPSA) is 12.4 Å². The molecule has 1 atom stereocenters.